The Balaban J connectivity index is 1.79. The van der Waals surface area contributed by atoms with Crippen molar-refractivity contribution in [3.8, 4) is 5.75 Å². The number of benzene rings is 2. The molecule has 23 heavy (non-hydrogen) atoms. The first-order valence-electron chi connectivity index (χ1n) is 7.13. The van der Waals surface area contributed by atoms with Crippen molar-refractivity contribution in [1.29, 1.82) is 0 Å². The normalized spacial score (nSPS) is 10.1. The molecule has 0 aliphatic rings. The monoisotopic (exact) mass is 376 g/mol. The number of anilines is 1. The van der Waals surface area contributed by atoms with Crippen LogP contribution in [0.2, 0.25) is 0 Å². The van der Waals surface area contributed by atoms with Crippen molar-refractivity contribution in [2.45, 2.75) is 12.8 Å². The molecular formula is C17H17BrN2O3. The highest BCUT2D eigenvalue weighted by Gasteiger charge is 2.10. The molecule has 0 aliphatic heterocycles. The van der Waals surface area contributed by atoms with Crippen LogP contribution in [0.4, 0.5) is 5.69 Å². The summed E-state index contributed by atoms with van der Waals surface area (Å²) in [6.07, 6.45) is 0.859. The second-order valence-electron chi connectivity index (χ2n) is 4.87. The van der Waals surface area contributed by atoms with Crippen molar-refractivity contribution >= 4 is 33.4 Å². The van der Waals surface area contributed by atoms with Gasteiger partial charge in [-0.05, 0) is 36.8 Å². The van der Waals surface area contributed by atoms with Gasteiger partial charge in [-0.3, -0.25) is 9.59 Å². The zero-order valence-corrected chi connectivity index (χ0v) is 14.0. The Bertz CT molecular complexity index is 704. The van der Waals surface area contributed by atoms with Crippen molar-refractivity contribution in [3.63, 3.8) is 0 Å². The van der Waals surface area contributed by atoms with Crippen LogP contribution in [0.15, 0.2) is 53.0 Å². The minimum Gasteiger partial charge on any atom is -0.494 e. The predicted octanol–water partition coefficient (Wildman–Crippen LogP) is 3.35. The SMILES string of the molecule is NC(=O)c1ccccc1NC(=O)CCCOc1cccc(Br)c1. The molecule has 0 saturated heterocycles. The molecule has 2 rings (SSSR count). The lowest BCUT2D eigenvalue weighted by Gasteiger charge is -2.09. The van der Waals surface area contributed by atoms with Crippen molar-refractivity contribution in [3.05, 3.63) is 58.6 Å². The van der Waals surface area contributed by atoms with Gasteiger partial charge in [0, 0.05) is 10.9 Å². The van der Waals surface area contributed by atoms with Crippen molar-refractivity contribution in [2.24, 2.45) is 5.73 Å². The standard InChI is InChI=1S/C17H17BrN2O3/c18-12-5-3-6-13(11-12)23-10-4-9-16(21)20-15-8-2-1-7-14(15)17(19)22/h1-3,5-8,11H,4,9-10H2,(H2,19,22)(H,20,21). The topological polar surface area (TPSA) is 81.4 Å². The van der Waals surface area contributed by atoms with E-state index in [-0.39, 0.29) is 5.91 Å². The molecule has 2 aromatic rings. The van der Waals surface area contributed by atoms with E-state index in [0.717, 1.165) is 10.2 Å². The van der Waals surface area contributed by atoms with E-state index in [9.17, 15) is 9.59 Å². The second kappa shape index (κ2) is 8.33. The van der Waals surface area contributed by atoms with Crippen molar-refractivity contribution in [1.82, 2.24) is 0 Å². The average Bonchev–Trinajstić information content (AvgIpc) is 2.52. The number of ether oxygens (including phenoxy) is 1. The van der Waals surface area contributed by atoms with E-state index in [1.54, 1.807) is 24.3 Å². The zero-order chi connectivity index (χ0) is 16.7. The number of halogens is 1. The predicted molar refractivity (Wildman–Crippen MR) is 92.5 cm³/mol. The maximum atomic E-state index is 11.9. The maximum Gasteiger partial charge on any atom is 0.250 e. The van der Waals surface area contributed by atoms with Gasteiger partial charge in [0.05, 0.1) is 17.9 Å². The second-order valence-corrected chi connectivity index (χ2v) is 5.78. The number of primary amides is 1. The van der Waals surface area contributed by atoms with Gasteiger partial charge in [0.15, 0.2) is 0 Å². The highest BCUT2D eigenvalue weighted by Crippen LogP contribution is 2.18. The van der Waals surface area contributed by atoms with Crippen LogP contribution in [0.3, 0.4) is 0 Å². The van der Waals surface area contributed by atoms with Crippen molar-refractivity contribution in [2.75, 3.05) is 11.9 Å². The molecule has 0 atom stereocenters. The fourth-order valence-corrected chi connectivity index (χ4v) is 2.38. The van der Waals surface area contributed by atoms with Crippen LogP contribution in [0.5, 0.6) is 5.75 Å². The van der Waals surface area contributed by atoms with Crippen LogP contribution >= 0.6 is 15.9 Å². The van der Waals surface area contributed by atoms with E-state index in [4.69, 9.17) is 10.5 Å². The Kier molecular flexibility index (Phi) is 6.17. The molecule has 120 valence electrons. The molecule has 0 bridgehead atoms. The average molecular weight is 377 g/mol. The number of carbonyl (C=O) groups excluding carboxylic acids is 2. The van der Waals surface area contributed by atoms with Crippen molar-refractivity contribution < 1.29 is 14.3 Å². The summed E-state index contributed by atoms with van der Waals surface area (Å²) in [5.74, 6) is -0.00529. The number of carbonyl (C=O) groups is 2. The third-order valence-electron chi connectivity index (χ3n) is 3.08. The summed E-state index contributed by atoms with van der Waals surface area (Å²) < 4.78 is 6.51. The molecule has 5 nitrogen and oxygen atoms in total. The summed E-state index contributed by atoms with van der Waals surface area (Å²) in [6, 6.07) is 14.2. The van der Waals surface area contributed by atoms with Crippen LogP contribution in [0.1, 0.15) is 23.2 Å². The van der Waals surface area contributed by atoms with Crippen LogP contribution in [-0.2, 0) is 4.79 Å². The van der Waals surface area contributed by atoms with E-state index < -0.39 is 5.91 Å². The summed E-state index contributed by atoms with van der Waals surface area (Å²) in [4.78, 5) is 23.2. The fraction of sp³-hybridized carbons (Fsp3) is 0.176. The van der Waals surface area contributed by atoms with Gasteiger partial charge in [0.2, 0.25) is 5.91 Å². The van der Waals surface area contributed by atoms with E-state index in [0.29, 0.717) is 30.7 Å². The first kappa shape index (κ1) is 17.0. The molecule has 0 heterocycles. The highest BCUT2D eigenvalue weighted by molar-refractivity contribution is 9.10. The summed E-state index contributed by atoms with van der Waals surface area (Å²) in [5.41, 5.74) is 6.00. The van der Waals surface area contributed by atoms with Gasteiger partial charge in [-0.1, -0.05) is 34.1 Å². The van der Waals surface area contributed by atoms with Gasteiger partial charge < -0.3 is 15.8 Å². The molecule has 3 N–H and O–H groups in total. The van der Waals surface area contributed by atoms with Gasteiger partial charge in [-0.15, -0.1) is 0 Å². The van der Waals surface area contributed by atoms with Gasteiger partial charge in [-0.25, -0.2) is 0 Å². The minimum atomic E-state index is -0.570. The summed E-state index contributed by atoms with van der Waals surface area (Å²) in [5, 5.41) is 2.70. The molecule has 2 amide bonds. The maximum absolute atomic E-state index is 11.9. The largest absolute Gasteiger partial charge is 0.494 e. The molecule has 0 saturated carbocycles. The Morgan fingerprint density at radius 3 is 2.65 bits per heavy atom. The Labute approximate surface area is 143 Å². The number of rotatable bonds is 7. The first-order valence-corrected chi connectivity index (χ1v) is 7.92. The van der Waals surface area contributed by atoms with E-state index in [1.807, 2.05) is 24.3 Å². The Hall–Kier alpha value is -2.34. The van der Waals surface area contributed by atoms with Crippen LogP contribution in [0, 0.1) is 0 Å². The van der Waals surface area contributed by atoms with E-state index in [2.05, 4.69) is 21.2 Å². The number of nitrogens with one attached hydrogen (secondary N) is 1. The summed E-state index contributed by atoms with van der Waals surface area (Å²) in [7, 11) is 0. The molecule has 0 spiro atoms. The molecule has 0 aliphatic carbocycles. The van der Waals surface area contributed by atoms with Gasteiger partial charge in [-0.2, -0.15) is 0 Å². The quantitative estimate of drug-likeness (QED) is 0.726. The zero-order valence-electron chi connectivity index (χ0n) is 12.4. The number of para-hydroxylation sites is 1. The number of hydrogen-bond acceptors (Lipinski definition) is 3. The molecular weight excluding hydrogens is 360 g/mol. The summed E-state index contributed by atoms with van der Waals surface area (Å²) in [6.45, 7) is 0.432. The highest BCUT2D eigenvalue weighted by atomic mass is 79.9. The van der Waals surface area contributed by atoms with Crippen LogP contribution in [-0.4, -0.2) is 18.4 Å². The molecule has 2 aromatic carbocycles. The third kappa shape index (κ3) is 5.41. The van der Waals surface area contributed by atoms with Gasteiger partial charge >= 0.3 is 0 Å². The van der Waals surface area contributed by atoms with E-state index in [1.165, 1.54) is 0 Å². The van der Waals surface area contributed by atoms with Crippen LogP contribution in [0.25, 0.3) is 0 Å². The first-order chi connectivity index (χ1) is 11.1. The molecule has 0 radical (unpaired) electrons. The lowest BCUT2D eigenvalue weighted by atomic mass is 10.1. The fourth-order valence-electron chi connectivity index (χ4n) is 2.00. The minimum absolute atomic E-state index is 0.184. The lowest BCUT2D eigenvalue weighted by molar-refractivity contribution is -0.116. The van der Waals surface area contributed by atoms with Gasteiger partial charge in [0.1, 0.15) is 5.75 Å². The summed E-state index contributed by atoms with van der Waals surface area (Å²) >= 11 is 3.37. The van der Waals surface area contributed by atoms with Gasteiger partial charge in [0.25, 0.3) is 5.91 Å². The number of amides is 2. The third-order valence-corrected chi connectivity index (χ3v) is 3.57. The lowest BCUT2D eigenvalue weighted by Crippen LogP contribution is -2.18. The molecule has 0 unspecified atom stereocenters. The molecule has 0 aromatic heterocycles. The Morgan fingerprint density at radius 2 is 1.91 bits per heavy atom. The Morgan fingerprint density at radius 1 is 1.13 bits per heavy atom. The number of nitrogens with two attached hydrogens (primary N) is 1. The van der Waals surface area contributed by atoms with Crippen LogP contribution < -0.4 is 15.8 Å². The molecule has 0 fully saturated rings. The number of hydrogen-bond donors (Lipinski definition) is 2. The smallest absolute Gasteiger partial charge is 0.250 e. The molecule has 6 heteroatoms. The van der Waals surface area contributed by atoms with E-state index >= 15 is 0 Å².